The summed E-state index contributed by atoms with van der Waals surface area (Å²) < 4.78 is 16.3. The summed E-state index contributed by atoms with van der Waals surface area (Å²) >= 11 is 5.91. The van der Waals surface area contributed by atoms with Crippen molar-refractivity contribution in [1.82, 2.24) is 0 Å². The van der Waals surface area contributed by atoms with Crippen molar-refractivity contribution >= 4 is 23.2 Å². The van der Waals surface area contributed by atoms with Gasteiger partial charge < -0.3 is 14.2 Å². The molecule has 2 aliphatic rings. The van der Waals surface area contributed by atoms with Crippen LogP contribution in [0.3, 0.4) is 0 Å². The van der Waals surface area contributed by atoms with Crippen LogP contribution in [0.4, 0.5) is 5.69 Å². The molecular formula is C13H14ClNO4. The van der Waals surface area contributed by atoms with E-state index in [1.54, 1.807) is 23.1 Å². The first-order valence-electron chi connectivity index (χ1n) is 6.20. The fourth-order valence-electron chi connectivity index (χ4n) is 2.16. The van der Waals surface area contributed by atoms with Gasteiger partial charge in [0.2, 0.25) is 0 Å². The molecule has 0 N–H and O–H groups in total. The summed E-state index contributed by atoms with van der Waals surface area (Å²) in [5.41, 5.74) is 0.679. The van der Waals surface area contributed by atoms with Crippen molar-refractivity contribution in [1.29, 1.82) is 0 Å². The Kier molecular flexibility index (Phi) is 3.59. The number of hydrogen-bond acceptors (Lipinski definition) is 4. The van der Waals surface area contributed by atoms with Crippen LogP contribution < -0.4 is 9.64 Å². The Bertz CT molecular complexity index is 488. The molecule has 1 aromatic carbocycles. The van der Waals surface area contributed by atoms with Crippen LogP contribution in [0.2, 0.25) is 5.02 Å². The predicted molar refractivity (Wildman–Crippen MR) is 69.4 cm³/mol. The van der Waals surface area contributed by atoms with Gasteiger partial charge in [0.25, 0.3) is 5.91 Å². The van der Waals surface area contributed by atoms with Gasteiger partial charge in [0.15, 0.2) is 12.9 Å². The standard InChI is InChI=1S/C13H14ClNO4/c14-9-3-4-10-11(6-9)18-7-12(16)15(10)8-19-13-2-1-5-17-13/h3-4,6,13H,1-2,5,7-8H2. The summed E-state index contributed by atoms with van der Waals surface area (Å²) in [6, 6.07) is 5.18. The first-order valence-corrected chi connectivity index (χ1v) is 6.58. The maximum Gasteiger partial charge on any atom is 0.266 e. The van der Waals surface area contributed by atoms with Gasteiger partial charge in [-0.3, -0.25) is 9.69 Å². The van der Waals surface area contributed by atoms with E-state index in [-0.39, 0.29) is 25.5 Å². The molecule has 0 aliphatic carbocycles. The molecule has 0 aromatic heterocycles. The minimum absolute atomic E-state index is 0.00221. The molecule has 5 nitrogen and oxygen atoms in total. The molecule has 19 heavy (non-hydrogen) atoms. The van der Waals surface area contributed by atoms with E-state index in [1.807, 2.05) is 0 Å². The number of nitrogens with zero attached hydrogens (tertiary/aromatic N) is 1. The summed E-state index contributed by atoms with van der Waals surface area (Å²) in [7, 11) is 0. The number of amides is 1. The highest BCUT2D eigenvalue weighted by atomic mass is 35.5. The number of hydrogen-bond donors (Lipinski definition) is 0. The Morgan fingerprint density at radius 1 is 1.47 bits per heavy atom. The van der Waals surface area contributed by atoms with Gasteiger partial charge in [0.05, 0.1) is 5.69 Å². The lowest BCUT2D eigenvalue weighted by atomic mass is 10.2. The molecule has 0 bridgehead atoms. The lowest BCUT2D eigenvalue weighted by Gasteiger charge is -2.29. The minimum Gasteiger partial charge on any atom is -0.482 e. The first kappa shape index (κ1) is 12.7. The Balaban J connectivity index is 1.74. The molecule has 1 fully saturated rings. The van der Waals surface area contributed by atoms with Gasteiger partial charge in [-0.1, -0.05) is 11.6 Å². The van der Waals surface area contributed by atoms with Crippen LogP contribution >= 0.6 is 11.6 Å². The van der Waals surface area contributed by atoms with Crippen molar-refractivity contribution in [2.45, 2.75) is 19.1 Å². The molecule has 1 amide bonds. The van der Waals surface area contributed by atoms with E-state index in [0.29, 0.717) is 23.1 Å². The molecule has 2 heterocycles. The minimum atomic E-state index is -0.216. The highest BCUT2D eigenvalue weighted by Crippen LogP contribution is 2.34. The lowest BCUT2D eigenvalue weighted by molar-refractivity contribution is -0.130. The molecule has 0 saturated carbocycles. The monoisotopic (exact) mass is 283 g/mol. The molecule has 6 heteroatoms. The molecule has 2 aliphatic heterocycles. The van der Waals surface area contributed by atoms with Crippen LogP contribution in [0, 0.1) is 0 Å². The van der Waals surface area contributed by atoms with E-state index in [0.717, 1.165) is 12.8 Å². The van der Waals surface area contributed by atoms with Gasteiger partial charge >= 0.3 is 0 Å². The Morgan fingerprint density at radius 3 is 3.16 bits per heavy atom. The first-order chi connectivity index (χ1) is 9.24. The Labute approximate surface area is 116 Å². The molecule has 1 saturated heterocycles. The van der Waals surface area contributed by atoms with E-state index >= 15 is 0 Å². The average molecular weight is 284 g/mol. The second-order valence-corrected chi connectivity index (χ2v) is 4.90. The molecule has 1 aromatic rings. The fraction of sp³-hybridized carbons (Fsp3) is 0.462. The van der Waals surface area contributed by atoms with E-state index in [2.05, 4.69) is 0 Å². The second-order valence-electron chi connectivity index (χ2n) is 4.46. The summed E-state index contributed by atoms with van der Waals surface area (Å²) in [5, 5.41) is 0.577. The number of carbonyl (C=O) groups excluding carboxylic acids is 1. The normalized spacial score (nSPS) is 22.3. The Hall–Kier alpha value is -1.30. The number of ether oxygens (including phenoxy) is 3. The number of anilines is 1. The van der Waals surface area contributed by atoms with Crippen molar-refractivity contribution in [3.63, 3.8) is 0 Å². The van der Waals surface area contributed by atoms with E-state index in [1.165, 1.54) is 0 Å². The zero-order chi connectivity index (χ0) is 13.2. The van der Waals surface area contributed by atoms with Crippen molar-refractivity contribution in [2.24, 2.45) is 0 Å². The number of rotatable bonds is 3. The van der Waals surface area contributed by atoms with Crippen LogP contribution in [0.5, 0.6) is 5.75 Å². The highest BCUT2D eigenvalue weighted by molar-refractivity contribution is 6.30. The number of carbonyl (C=O) groups is 1. The molecule has 3 rings (SSSR count). The van der Waals surface area contributed by atoms with E-state index in [4.69, 9.17) is 25.8 Å². The van der Waals surface area contributed by atoms with Gasteiger partial charge in [0.1, 0.15) is 12.5 Å². The van der Waals surface area contributed by atoms with Crippen LogP contribution in [0.25, 0.3) is 0 Å². The van der Waals surface area contributed by atoms with Crippen molar-refractivity contribution in [3.05, 3.63) is 23.2 Å². The van der Waals surface area contributed by atoms with Crippen LogP contribution in [0.15, 0.2) is 18.2 Å². The summed E-state index contributed by atoms with van der Waals surface area (Å²) in [5.74, 6) is 0.468. The van der Waals surface area contributed by atoms with Gasteiger partial charge in [-0.05, 0) is 18.6 Å². The van der Waals surface area contributed by atoms with Crippen molar-refractivity contribution in [3.8, 4) is 5.75 Å². The zero-order valence-electron chi connectivity index (χ0n) is 10.3. The quantitative estimate of drug-likeness (QED) is 0.853. The number of benzene rings is 1. The molecule has 1 unspecified atom stereocenters. The van der Waals surface area contributed by atoms with Gasteiger partial charge in [-0.15, -0.1) is 0 Å². The topological polar surface area (TPSA) is 48.0 Å². The van der Waals surface area contributed by atoms with E-state index < -0.39 is 0 Å². The Morgan fingerprint density at radius 2 is 2.37 bits per heavy atom. The third kappa shape index (κ3) is 2.68. The number of fused-ring (bicyclic) bond motifs is 1. The predicted octanol–water partition coefficient (Wildman–Crippen LogP) is 2.18. The molecule has 0 radical (unpaired) electrons. The third-order valence-electron chi connectivity index (χ3n) is 3.14. The van der Waals surface area contributed by atoms with E-state index in [9.17, 15) is 4.79 Å². The van der Waals surface area contributed by atoms with Crippen molar-refractivity contribution < 1.29 is 19.0 Å². The van der Waals surface area contributed by atoms with Crippen LogP contribution in [-0.2, 0) is 14.3 Å². The van der Waals surface area contributed by atoms with Crippen molar-refractivity contribution in [2.75, 3.05) is 24.8 Å². The summed E-state index contributed by atoms with van der Waals surface area (Å²) in [4.78, 5) is 13.4. The lowest BCUT2D eigenvalue weighted by Crippen LogP contribution is -2.41. The van der Waals surface area contributed by atoms with Crippen LogP contribution in [0.1, 0.15) is 12.8 Å². The second kappa shape index (κ2) is 5.36. The zero-order valence-corrected chi connectivity index (χ0v) is 11.1. The molecular weight excluding hydrogens is 270 g/mol. The average Bonchev–Trinajstić information content (AvgIpc) is 2.91. The fourth-order valence-corrected chi connectivity index (χ4v) is 2.32. The van der Waals surface area contributed by atoms with Gasteiger partial charge in [-0.25, -0.2) is 0 Å². The maximum absolute atomic E-state index is 11.9. The molecule has 1 atom stereocenters. The smallest absolute Gasteiger partial charge is 0.266 e. The largest absolute Gasteiger partial charge is 0.482 e. The SMILES string of the molecule is O=C1COc2cc(Cl)ccc2N1COC1CCCO1. The maximum atomic E-state index is 11.9. The van der Waals surface area contributed by atoms with Gasteiger partial charge in [-0.2, -0.15) is 0 Å². The number of halogens is 1. The third-order valence-corrected chi connectivity index (χ3v) is 3.38. The highest BCUT2D eigenvalue weighted by Gasteiger charge is 2.27. The summed E-state index contributed by atoms with van der Waals surface area (Å²) in [6.45, 7) is 0.887. The molecule has 102 valence electrons. The van der Waals surface area contributed by atoms with Gasteiger partial charge in [0, 0.05) is 24.1 Å². The van der Waals surface area contributed by atoms with Crippen LogP contribution in [-0.4, -0.2) is 32.1 Å². The molecule has 0 spiro atoms. The summed E-state index contributed by atoms with van der Waals surface area (Å²) in [6.07, 6.45) is 1.64.